The standard InChI is InChI=1S/C28H26N2O7/c1-36-17-5-16-29-25(20-10-14-23(15-11-20)37-18-19-6-3-2-4-7-19)24(27(32)28(29)33)26(31)21-8-12-22(13-9-21)30(34)35/h2-4,6-15,25,31H,5,16-18H2,1H3/b26-24-. The van der Waals surface area contributed by atoms with Gasteiger partial charge in [0.15, 0.2) is 0 Å². The summed E-state index contributed by atoms with van der Waals surface area (Å²) in [6, 6.07) is 21.0. The highest BCUT2D eigenvalue weighted by Crippen LogP contribution is 2.40. The number of Topliss-reactive ketones (excluding diaryl/α,β-unsaturated/α-hetero) is 1. The second kappa shape index (κ2) is 11.5. The zero-order chi connectivity index (χ0) is 26.4. The van der Waals surface area contributed by atoms with Gasteiger partial charge < -0.3 is 19.5 Å². The number of hydrogen-bond acceptors (Lipinski definition) is 7. The minimum absolute atomic E-state index is 0.0748. The molecule has 1 amide bonds. The van der Waals surface area contributed by atoms with Crippen LogP contribution in [0.15, 0.2) is 84.4 Å². The lowest BCUT2D eigenvalue weighted by Gasteiger charge is -2.25. The van der Waals surface area contributed by atoms with Crippen LogP contribution >= 0.6 is 0 Å². The van der Waals surface area contributed by atoms with Crippen molar-refractivity contribution in [1.29, 1.82) is 0 Å². The fourth-order valence-electron chi connectivity index (χ4n) is 4.22. The molecule has 0 saturated carbocycles. The molecule has 4 rings (SSSR count). The predicted octanol–water partition coefficient (Wildman–Crippen LogP) is 4.63. The molecule has 1 aliphatic rings. The number of rotatable bonds is 10. The molecule has 0 bridgehead atoms. The summed E-state index contributed by atoms with van der Waals surface area (Å²) >= 11 is 0. The van der Waals surface area contributed by atoms with Crippen molar-refractivity contribution >= 4 is 23.1 Å². The summed E-state index contributed by atoms with van der Waals surface area (Å²) in [5.41, 5.74) is 1.61. The predicted molar refractivity (Wildman–Crippen MR) is 136 cm³/mol. The SMILES string of the molecule is COCCCN1C(=O)C(=O)/C(=C(\O)c2ccc([N+](=O)[O-])cc2)C1c1ccc(OCc2ccccc2)cc1. The molecule has 0 radical (unpaired) electrons. The van der Waals surface area contributed by atoms with E-state index in [4.69, 9.17) is 9.47 Å². The van der Waals surface area contributed by atoms with E-state index in [1.165, 1.54) is 29.2 Å². The van der Waals surface area contributed by atoms with Crippen LogP contribution in [0.5, 0.6) is 5.75 Å². The Kier molecular flexibility index (Phi) is 7.95. The minimum atomic E-state index is -0.838. The number of hydrogen-bond donors (Lipinski definition) is 1. The summed E-state index contributed by atoms with van der Waals surface area (Å²) in [6.07, 6.45) is 0.496. The number of non-ortho nitro benzene ring substituents is 1. The Labute approximate surface area is 213 Å². The van der Waals surface area contributed by atoms with Gasteiger partial charge in [-0.1, -0.05) is 42.5 Å². The van der Waals surface area contributed by atoms with Crippen molar-refractivity contribution in [3.05, 3.63) is 111 Å². The number of ether oxygens (including phenoxy) is 2. The smallest absolute Gasteiger partial charge is 0.295 e. The normalized spacial score (nSPS) is 16.7. The van der Waals surface area contributed by atoms with E-state index in [1.54, 1.807) is 31.4 Å². The number of aliphatic hydroxyl groups excluding tert-OH is 1. The largest absolute Gasteiger partial charge is 0.507 e. The molecule has 1 fully saturated rings. The third-order valence-corrected chi connectivity index (χ3v) is 6.08. The number of carbonyl (C=O) groups is 2. The fraction of sp³-hybridized carbons (Fsp3) is 0.214. The Bertz CT molecular complexity index is 1300. The third-order valence-electron chi connectivity index (χ3n) is 6.08. The molecule has 3 aromatic rings. The lowest BCUT2D eigenvalue weighted by Crippen LogP contribution is -2.31. The summed E-state index contributed by atoms with van der Waals surface area (Å²) < 4.78 is 11.0. The quantitative estimate of drug-likeness (QED) is 0.107. The van der Waals surface area contributed by atoms with Crippen molar-refractivity contribution in [2.45, 2.75) is 19.1 Å². The molecule has 0 aliphatic carbocycles. The number of nitro groups is 1. The Morgan fingerprint density at radius 1 is 1.00 bits per heavy atom. The zero-order valence-corrected chi connectivity index (χ0v) is 20.2. The first kappa shape index (κ1) is 25.6. The molecule has 9 nitrogen and oxygen atoms in total. The highest BCUT2D eigenvalue weighted by atomic mass is 16.6. The first-order valence-electron chi connectivity index (χ1n) is 11.7. The van der Waals surface area contributed by atoms with Crippen molar-refractivity contribution < 1.29 is 29.1 Å². The van der Waals surface area contributed by atoms with E-state index in [2.05, 4.69) is 0 Å². The fourth-order valence-corrected chi connectivity index (χ4v) is 4.22. The molecule has 37 heavy (non-hydrogen) atoms. The maximum absolute atomic E-state index is 13.1. The summed E-state index contributed by atoms with van der Waals surface area (Å²) in [4.78, 5) is 37.9. The van der Waals surface area contributed by atoms with Gasteiger partial charge in [-0.2, -0.15) is 0 Å². The second-order valence-corrected chi connectivity index (χ2v) is 8.49. The summed E-state index contributed by atoms with van der Waals surface area (Å²) in [5, 5.41) is 22.1. The molecule has 1 aliphatic heterocycles. The van der Waals surface area contributed by atoms with Crippen LogP contribution in [0.1, 0.15) is 29.2 Å². The van der Waals surface area contributed by atoms with Gasteiger partial charge in [-0.15, -0.1) is 0 Å². The molecule has 1 heterocycles. The molecular formula is C28H26N2O7. The molecule has 0 spiro atoms. The van der Waals surface area contributed by atoms with Gasteiger partial charge in [0.05, 0.1) is 16.5 Å². The van der Waals surface area contributed by atoms with Crippen LogP contribution in [0.3, 0.4) is 0 Å². The Morgan fingerprint density at radius 3 is 2.30 bits per heavy atom. The van der Waals surface area contributed by atoms with Gasteiger partial charge >= 0.3 is 0 Å². The minimum Gasteiger partial charge on any atom is -0.507 e. The van der Waals surface area contributed by atoms with Gasteiger partial charge in [0, 0.05) is 38.0 Å². The summed E-state index contributed by atoms with van der Waals surface area (Å²) in [7, 11) is 1.55. The average molecular weight is 503 g/mol. The lowest BCUT2D eigenvalue weighted by atomic mass is 9.95. The van der Waals surface area contributed by atoms with E-state index in [9.17, 15) is 24.8 Å². The van der Waals surface area contributed by atoms with Crippen molar-refractivity contribution in [1.82, 2.24) is 4.90 Å². The van der Waals surface area contributed by atoms with Crippen LogP contribution in [-0.4, -0.2) is 46.9 Å². The Balaban J connectivity index is 1.67. The van der Waals surface area contributed by atoms with Gasteiger partial charge in [0.1, 0.15) is 18.1 Å². The number of carbonyl (C=O) groups excluding carboxylic acids is 2. The molecule has 1 N–H and O–H groups in total. The second-order valence-electron chi connectivity index (χ2n) is 8.49. The molecule has 1 unspecified atom stereocenters. The Morgan fingerprint density at radius 2 is 1.68 bits per heavy atom. The van der Waals surface area contributed by atoms with Gasteiger partial charge in [-0.3, -0.25) is 19.7 Å². The van der Waals surface area contributed by atoms with Crippen LogP contribution in [-0.2, 0) is 20.9 Å². The Hall–Kier alpha value is -4.50. The number of amides is 1. The van der Waals surface area contributed by atoms with Gasteiger partial charge in [0.2, 0.25) is 0 Å². The zero-order valence-electron chi connectivity index (χ0n) is 20.2. The van der Waals surface area contributed by atoms with Gasteiger partial charge in [-0.05, 0) is 41.8 Å². The summed E-state index contributed by atoms with van der Waals surface area (Å²) in [5.74, 6) is -1.33. The van der Waals surface area contributed by atoms with Crippen LogP contribution in [0.25, 0.3) is 5.76 Å². The molecule has 3 aromatic carbocycles. The highest BCUT2D eigenvalue weighted by molar-refractivity contribution is 6.46. The van der Waals surface area contributed by atoms with Crippen molar-refractivity contribution in [2.24, 2.45) is 0 Å². The van der Waals surface area contributed by atoms with E-state index in [0.29, 0.717) is 30.9 Å². The maximum Gasteiger partial charge on any atom is 0.295 e. The molecule has 190 valence electrons. The van der Waals surface area contributed by atoms with Crippen LogP contribution < -0.4 is 4.74 Å². The first-order chi connectivity index (χ1) is 17.9. The maximum atomic E-state index is 13.1. The van der Waals surface area contributed by atoms with E-state index < -0.39 is 28.4 Å². The first-order valence-corrected chi connectivity index (χ1v) is 11.7. The lowest BCUT2D eigenvalue weighted by molar-refractivity contribution is -0.384. The van der Waals surface area contributed by atoms with Crippen molar-refractivity contribution in [3.63, 3.8) is 0 Å². The number of methoxy groups -OCH3 is 1. The van der Waals surface area contributed by atoms with Crippen molar-refractivity contribution in [3.8, 4) is 5.75 Å². The van der Waals surface area contributed by atoms with E-state index in [-0.39, 0.29) is 23.4 Å². The summed E-state index contributed by atoms with van der Waals surface area (Å²) in [6.45, 7) is 1.02. The number of likely N-dealkylation sites (tertiary alicyclic amines) is 1. The monoisotopic (exact) mass is 502 g/mol. The molecule has 1 atom stereocenters. The van der Waals surface area contributed by atoms with E-state index in [1.807, 2.05) is 30.3 Å². The van der Waals surface area contributed by atoms with Crippen molar-refractivity contribution in [2.75, 3.05) is 20.3 Å². The highest BCUT2D eigenvalue weighted by Gasteiger charge is 2.45. The third kappa shape index (κ3) is 5.68. The topological polar surface area (TPSA) is 119 Å². The molecule has 0 aromatic heterocycles. The van der Waals surface area contributed by atoms with Gasteiger partial charge in [0.25, 0.3) is 17.4 Å². The van der Waals surface area contributed by atoms with Gasteiger partial charge in [-0.25, -0.2) is 0 Å². The number of benzene rings is 3. The average Bonchev–Trinajstić information content (AvgIpc) is 3.17. The molecular weight excluding hydrogens is 476 g/mol. The number of nitro benzene ring substituents is 1. The van der Waals surface area contributed by atoms with E-state index in [0.717, 1.165) is 5.56 Å². The number of ketones is 1. The number of aliphatic hydroxyl groups is 1. The molecule has 1 saturated heterocycles. The van der Waals surface area contributed by atoms with Crippen LogP contribution in [0.2, 0.25) is 0 Å². The van der Waals surface area contributed by atoms with Crippen LogP contribution in [0.4, 0.5) is 5.69 Å². The van der Waals surface area contributed by atoms with E-state index >= 15 is 0 Å². The number of nitrogens with zero attached hydrogens (tertiary/aromatic N) is 2. The molecule has 9 heteroatoms. The van der Waals surface area contributed by atoms with Crippen LogP contribution in [0, 0.1) is 10.1 Å².